The van der Waals surface area contributed by atoms with Gasteiger partial charge in [-0.05, 0) is 44.2 Å². The Bertz CT molecular complexity index is 1480. The third-order valence-corrected chi connectivity index (χ3v) is 7.94. The standard InChI is InChI=1S/C21H19N5O3S3/c1-3-26-17-9-8-13(32(23,28)29)10-16(17)25-21(26)30-12(2)19(27)14(11-22)20-24-15-6-4-5-7-18(15)31-20/h4-10,12,27H,3H2,1-2H3,(H2,23,28,29)/b19-14-. The van der Waals surface area contributed by atoms with E-state index in [9.17, 15) is 18.8 Å². The van der Waals surface area contributed by atoms with Crippen LogP contribution in [-0.2, 0) is 16.6 Å². The van der Waals surface area contributed by atoms with Gasteiger partial charge in [0.2, 0.25) is 10.0 Å². The van der Waals surface area contributed by atoms with E-state index >= 15 is 0 Å². The average Bonchev–Trinajstić information content (AvgIpc) is 3.33. The van der Waals surface area contributed by atoms with Gasteiger partial charge in [0.15, 0.2) is 5.16 Å². The molecule has 0 saturated heterocycles. The Morgan fingerprint density at radius 3 is 2.69 bits per heavy atom. The molecule has 4 rings (SSSR count). The highest BCUT2D eigenvalue weighted by atomic mass is 32.2. The van der Waals surface area contributed by atoms with Gasteiger partial charge in [0.1, 0.15) is 22.4 Å². The first-order valence-electron chi connectivity index (χ1n) is 9.61. The van der Waals surface area contributed by atoms with Crippen molar-refractivity contribution in [1.29, 1.82) is 5.26 Å². The van der Waals surface area contributed by atoms with Crippen LogP contribution >= 0.6 is 23.1 Å². The molecule has 0 spiro atoms. The molecule has 0 amide bonds. The number of nitrogens with zero attached hydrogens (tertiary/aromatic N) is 4. The van der Waals surface area contributed by atoms with E-state index in [2.05, 4.69) is 16.0 Å². The molecule has 2 heterocycles. The number of rotatable bonds is 6. The number of aliphatic hydroxyl groups excluding tert-OH is 1. The number of thioether (sulfide) groups is 1. The molecule has 32 heavy (non-hydrogen) atoms. The van der Waals surface area contributed by atoms with Crippen molar-refractivity contribution in [3.8, 4) is 6.07 Å². The molecule has 0 fully saturated rings. The van der Waals surface area contributed by atoms with Crippen LogP contribution in [0.1, 0.15) is 18.9 Å². The van der Waals surface area contributed by atoms with Gasteiger partial charge in [0.25, 0.3) is 0 Å². The molecular formula is C21H19N5O3S3. The van der Waals surface area contributed by atoms with Gasteiger partial charge in [-0.3, -0.25) is 0 Å². The van der Waals surface area contributed by atoms with E-state index in [1.54, 1.807) is 13.0 Å². The first kappa shape index (κ1) is 22.3. The van der Waals surface area contributed by atoms with Crippen LogP contribution < -0.4 is 5.14 Å². The quantitative estimate of drug-likeness (QED) is 0.236. The van der Waals surface area contributed by atoms with Gasteiger partial charge in [0, 0.05) is 6.54 Å². The van der Waals surface area contributed by atoms with Crippen molar-refractivity contribution < 1.29 is 13.5 Å². The Labute approximate surface area is 193 Å². The van der Waals surface area contributed by atoms with E-state index < -0.39 is 15.3 Å². The number of aryl methyl sites for hydroxylation is 1. The highest BCUT2D eigenvalue weighted by Crippen LogP contribution is 2.34. The van der Waals surface area contributed by atoms with Crippen LogP contribution in [0.3, 0.4) is 0 Å². The number of sulfonamides is 1. The number of imidazole rings is 1. The zero-order chi connectivity index (χ0) is 23.0. The summed E-state index contributed by atoms with van der Waals surface area (Å²) in [4.78, 5) is 9.01. The Kier molecular flexibility index (Phi) is 5.96. The molecule has 164 valence electrons. The molecule has 2 aromatic carbocycles. The summed E-state index contributed by atoms with van der Waals surface area (Å²) in [5.41, 5.74) is 2.14. The molecule has 0 aliphatic rings. The SMILES string of the molecule is CCn1c(SC(C)/C(O)=C(\C#N)c2nc3ccccc3s2)nc2cc(S(N)(=O)=O)ccc21. The third-order valence-electron chi connectivity index (χ3n) is 4.87. The molecule has 0 radical (unpaired) electrons. The molecule has 2 aromatic heterocycles. The fraction of sp³-hybridized carbons (Fsp3) is 0.190. The van der Waals surface area contributed by atoms with E-state index in [4.69, 9.17) is 5.14 Å². The number of allylic oxidation sites excluding steroid dienone is 1. The van der Waals surface area contributed by atoms with Gasteiger partial charge in [-0.2, -0.15) is 5.26 Å². The summed E-state index contributed by atoms with van der Waals surface area (Å²) in [7, 11) is -3.84. The Hall–Kier alpha value is -2.91. The van der Waals surface area contributed by atoms with Gasteiger partial charge < -0.3 is 9.67 Å². The number of aliphatic hydroxyl groups is 1. The number of aromatic nitrogens is 3. The maximum Gasteiger partial charge on any atom is 0.238 e. The summed E-state index contributed by atoms with van der Waals surface area (Å²) >= 11 is 2.62. The molecule has 0 saturated carbocycles. The Balaban J connectivity index is 1.71. The predicted octanol–water partition coefficient (Wildman–Crippen LogP) is 4.29. The molecule has 8 nitrogen and oxygen atoms in total. The predicted molar refractivity (Wildman–Crippen MR) is 127 cm³/mol. The van der Waals surface area contributed by atoms with Crippen molar-refractivity contribution >= 4 is 59.9 Å². The second-order valence-corrected chi connectivity index (χ2v) is 10.9. The maximum atomic E-state index is 11.7. The van der Waals surface area contributed by atoms with Crippen molar-refractivity contribution in [1.82, 2.24) is 14.5 Å². The summed E-state index contributed by atoms with van der Waals surface area (Å²) in [5.74, 6) is -0.0866. The highest BCUT2D eigenvalue weighted by molar-refractivity contribution is 8.00. The fourth-order valence-electron chi connectivity index (χ4n) is 3.27. The minimum Gasteiger partial charge on any atom is -0.510 e. The van der Waals surface area contributed by atoms with E-state index in [0.717, 1.165) is 15.7 Å². The topological polar surface area (TPSA) is 135 Å². The van der Waals surface area contributed by atoms with Crippen molar-refractivity contribution in [3.63, 3.8) is 0 Å². The van der Waals surface area contributed by atoms with Crippen LogP contribution in [0.15, 0.2) is 58.3 Å². The van der Waals surface area contributed by atoms with E-state index in [1.165, 1.54) is 35.2 Å². The molecule has 1 unspecified atom stereocenters. The van der Waals surface area contributed by atoms with Crippen LogP contribution in [0, 0.1) is 11.3 Å². The van der Waals surface area contributed by atoms with Gasteiger partial charge >= 0.3 is 0 Å². The Morgan fingerprint density at radius 2 is 2.03 bits per heavy atom. The zero-order valence-electron chi connectivity index (χ0n) is 17.2. The van der Waals surface area contributed by atoms with Crippen LogP contribution in [0.25, 0.3) is 26.8 Å². The van der Waals surface area contributed by atoms with Crippen molar-refractivity contribution in [3.05, 3.63) is 53.2 Å². The first-order valence-corrected chi connectivity index (χ1v) is 12.9. The van der Waals surface area contributed by atoms with E-state index in [1.807, 2.05) is 35.8 Å². The minimum absolute atomic E-state index is 0.0132. The molecule has 4 aromatic rings. The second-order valence-electron chi connectivity index (χ2n) is 6.95. The number of primary sulfonamides is 1. The van der Waals surface area contributed by atoms with Gasteiger partial charge in [-0.25, -0.2) is 23.5 Å². The monoisotopic (exact) mass is 485 g/mol. The maximum absolute atomic E-state index is 11.7. The number of benzene rings is 2. The molecule has 0 aliphatic heterocycles. The average molecular weight is 486 g/mol. The van der Waals surface area contributed by atoms with Crippen molar-refractivity contribution in [2.75, 3.05) is 0 Å². The van der Waals surface area contributed by atoms with Crippen LogP contribution in [-0.4, -0.2) is 33.3 Å². The van der Waals surface area contributed by atoms with Crippen LogP contribution in [0.5, 0.6) is 0 Å². The number of nitrogens with two attached hydrogens (primary N) is 1. The lowest BCUT2D eigenvalue weighted by Crippen LogP contribution is -2.11. The number of hydrogen-bond donors (Lipinski definition) is 2. The smallest absolute Gasteiger partial charge is 0.238 e. The second kappa shape index (κ2) is 8.55. The molecule has 1 atom stereocenters. The Morgan fingerprint density at radius 1 is 1.28 bits per heavy atom. The summed E-state index contributed by atoms with van der Waals surface area (Å²) < 4.78 is 26.2. The molecule has 0 bridgehead atoms. The number of hydrogen-bond acceptors (Lipinski definition) is 8. The molecule has 3 N–H and O–H groups in total. The van der Waals surface area contributed by atoms with E-state index in [0.29, 0.717) is 22.2 Å². The summed E-state index contributed by atoms with van der Waals surface area (Å²) in [6.45, 7) is 4.31. The number of nitriles is 1. The molecule has 0 aliphatic carbocycles. The zero-order valence-corrected chi connectivity index (χ0v) is 19.6. The summed E-state index contributed by atoms with van der Waals surface area (Å²) in [6.07, 6.45) is 0. The minimum atomic E-state index is -3.84. The normalized spacial score (nSPS) is 13.8. The van der Waals surface area contributed by atoms with Gasteiger partial charge in [-0.15, -0.1) is 11.3 Å². The number of fused-ring (bicyclic) bond motifs is 2. The lowest BCUT2D eigenvalue weighted by Gasteiger charge is -2.12. The fourth-order valence-corrected chi connectivity index (χ4v) is 5.83. The van der Waals surface area contributed by atoms with Crippen molar-refractivity contribution in [2.45, 2.75) is 35.7 Å². The van der Waals surface area contributed by atoms with Crippen LogP contribution in [0.2, 0.25) is 0 Å². The molecule has 11 heteroatoms. The van der Waals surface area contributed by atoms with Crippen molar-refractivity contribution in [2.24, 2.45) is 5.14 Å². The van der Waals surface area contributed by atoms with Gasteiger partial charge in [-0.1, -0.05) is 23.9 Å². The lowest BCUT2D eigenvalue weighted by atomic mass is 10.2. The summed E-state index contributed by atoms with van der Waals surface area (Å²) in [6, 6.07) is 14.2. The molecular weight excluding hydrogens is 466 g/mol. The number of thiazole rings is 1. The number of para-hydroxylation sites is 1. The first-order chi connectivity index (χ1) is 15.2. The highest BCUT2D eigenvalue weighted by Gasteiger charge is 2.22. The van der Waals surface area contributed by atoms with E-state index in [-0.39, 0.29) is 16.2 Å². The summed E-state index contributed by atoms with van der Waals surface area (Å²) in [5, 5.41) is 26.4. The van der Waals surface area contributed by atoms with Crippen LogP contribution in [0.4, 0.5) is 0 Å². The largest absolute Gasteiger partial charge is 0.510 e. The van der Waals surface area contributed by atoms with Gasteiger partial charge in [0.05, 0.1) is 31.4 Å². The lowest BCUT2D eigenvalue weighted by molar-refractivity contribution is 0.402. The third kappa shape index (κ3) is 4.10.